The summed E-state index contributed by atoms with van der Waals surface area (Å²) in [5, 5.41) is 0.753. The molecule has 32 heavy (non-hydrogen) atoms. The molecule has 1 aromatic heterocycles. The number of benzene rings is 2. The number of carbonyl (C=O) groups excluding carboxylic acids is 1. The molecular weight excluding hydrogens is 506 g/mol. The molecule has 0 saturated carbocycles. The van der Waals surface area contributed by atoms with Gasteiger partial charge in [-0.05, 0) is 30.3 Å². The molecule has 1 amide bonds. The number of hydrogen-bond donors (Lipinski definition) is 1. The smallest absolute Gasteiger partial charge is 0.267 e. The van der Waals surface area contributed by atoms with E-state index < -0.39 is 27.3 Å². The van der Waals surface area contributed by atoms with Crippen molar-refractivity contribution in [3.63, 3.8) is 0 Å². The minimum Gasteiger partial charge on any atom is -0.496 e. The number of amides is 1. The minimum atomic E-state index is -3.88. The molecule has 0 atom stereocenters. The number of nitrogens with one attached hydrogen (secondary N) is 1. The van der Waals surface area contributed by atoms with Crippen LogP contribution in [0.1, 0.15) is 10.4 Å². The summed E-state index contributed by atoms with van der Waals surface area (Å²) in [4.78, 5) is 16.2. The first kappa shape index (κ1) is 24.1. The Morgan fingerprint density at radius 2 is 1.78 bits per heavy atom. The molecule has 0 radical (unpaired) electrons. The van der Waals surface area contributed by atoms with Crippen LogP contribution in [0, 0.1) is 5.82 Å². The number of carbonyl (C=O) groups is 1. The highest BCUT2D eigenvalue weighted by Crippen LogP contribution is 2.37. The number of nitrogens with zero attached hydrogens (tertiary/aromatic N) is 1. The molecule has 0 aliphatic heterocycles. The first-order valence-corrected chi connectivity index (χ1v) is 11.7. The van der Waals surface area contributed by atoms with E-state index in [0.29, 0.717) is 16.3 Å². The van der Waals surface area contributed by atoms with E-state index in [1.165, 1.54) is 25.4 Å². The number of sulfonamides is 1. The van der Waals surface area contributed by atoms with Crippen LogP contribution in [0.25, 0.3) is 11.1 Å². The second-order valence-corrected chi connectivity index (χ2v) is 9.39. The molecular formula is C20H14Cl3FN2O5S. The summed E-state index contributed by atoms with van der Waals surface area (Å²) in [6, 6.07) is 8.20. The van der Waals surface area contributed by atoms with Crippen molar-refractivity contribution in [1.82, 2.24) is 9.71 Å². The Bertz CT molecular complexity index is 1320. The summed E-state index contributed by atoms with van der Waals surface area (Å²) in [5.74, 6) is -1.57. The summed E-state index contributed by atoms with van der Waals surface area (Å²) >= 11 is 18.1. The van der Waals surface area contributed by atoms with E-state index in [1.54, 1.807) is 16.9 Å². The second kappa shape index (κ2) is 9.50. The molecule has 0 unspecified atom stereocenters. The molecule has 3 aromatic rings. The molecule has 1 N–H and O–H groups in total. The zero-order valence-electron chi connectivity index (χ0n) is 16.5. The van der Waals surface area contributed by atoms with Crippen molar-refractivity contribution in [2.45, 2.75) is 0 Å². The zero-order chi connectivity index (χ0) is 23.6. The number of ether oxygens (including phenoxy) is 2. The van der Waals surface area contributed by atoms with Crippen molar-refractivity contribution in [3.05, 3.63) is 69.0 Å². The van der Waals surface area contributed by atoms with Gasteiger partial charge in [-0.15, -0.1) is 0 Å². The first-order chi connectivity index (χ1) is 15.0. The Labute approximate surface area is 198 Å². The van der Waals surface area contributed by atoms with Crippen LogP contribution in [-0.4, -0.2) is 32.7 Å². The summed E-state index contributed by atoms with van der Waals surface area (Å²) < 4.78 is 49.7. The van der Waals surface area contributed by atoms with Crippen molar-refractivity contribution in [3.8, 4) is 28.5 Å². The minimum absolute atomic E-state index is 0.0670. The van der Waals surface area contributed by atoms with E-state index in [1.807, 2.05) is 0 Å². The Morgan fingerprint density at radius 1 is 1.06 bits per heavy atom. The van der Waals surface area contributed by atoms with Gasteiger partial charge in [-0.1, -0.05) is 34.8 Å². The average molecular weight is 520 g/mol. The molecule has 1 heterocycles. The van der Waals surface area contributed by atoms with Gasteiger partial charge in [-0.25, -0.2) is 22.5 Å². The highest BCUT2D eigenvalue weighted by atomic mass is 35.5. The topological polar surface area (TPSA) is 94.6 Å². The Hall–Kier alpha value is -2.59. The van der Waals surface area contributed by atoms with Gasteiger partial charge in [0.15, 0.2) is 0 Å². The number of rotatable bonds is 6. The predicted molar refractivity (Wildman–Crippen MR) is 120 cm³/mol. The van der Waals surface area contributed by atoms with Crippen LogP contribution in [0.3, 0.4) is 0 Å². The molecule has 0 aliphatic rings. The van der Waals surface area contributed by atoms with E-state index in [0.717, 1.165) is 18.4 Å². The van der Waals surface area contributed by atoms with Crippen LogP contribution >= 0.6 is 34.8 Å². The largest absolute Gasteiger partial charge is 0.496 e. The van der Waals surface area contributed by atoms with Crippen LogP contribution in [-0.2, 0) is 10.0 Å². The normalized spacial score (nSPS) is 11.2. The summed E-state index contributed by atoms with van der Waals surface area (Å²) in [6.45, 7) is 0. The third-order valence-electron chi connectivity index (χ3n) is 4.04. The van der Waals surface area contributed by atoms with Gasteiger partial charge < -0.3 is 9.47 Å². The van der Waals surface area contributed by atoms with Crippen molar-refractivity contribution < 1.29 is 27.1 Å². The SMILES string of the molecule is COc1cc(C(=O)NS(C)(=O)=O)c(F)cc1-c1cnc(Oc2ccc(Cl)c(Cl)c2)c(Cl)c1. The van der Waals surface area contributed by atoms with Crippen LogP contribution in [0.2, 0.25) is 15.1 Å². The van der Waals surface area contributed by atoms with Crippen LogP contribution < -0.4 is 14.2 Å². The van der Waals surface area contributed by atoms with Crippen molar-refractivity contribution >= 4 is 50.7 Å². The number of halogens is 4. The lowest BCUT2D eigenvalue weighted by Crippen LogP contribution is -2.30. The summed E-state index contributed by atoms with van der Waals surface area (Å²) in [5.41, 5.74) is 0.0911. The van der Waals surface area contributed by atoms with Gasteiger partial charge in [-0.3, -0.25) is 4.79 Å². The van der Waals surface area contributed by atoms with E-state index >= 15 is 0 Å². The highest BCUT2D eigenvalue weighted by Gasteiger charge is 2.20. The van der Waals surface area contributed by atoms with Crippen LogP contribution in [0.4, 0.5) is 4.39 Å². The van der Waals surface area contributed by atoms with Gasteiger partial charge in [-0.2, -0.15) is 0 Å². The number of aromatic nitrogens is 1. The Kier molecular flexibility index (Phi) is 7.14. The molecule has 168 valence electrons. The van der Waals surface area contributed by atoms with Crippen molar-refractivity contribution in [2.75, 3.05) is 13.4 Å². The van der Waals surface area contributed by atoms with Gasteiger partial charge >= 0.3 is 0 Å². The summed E-state index contributed by atoms with van der Waals surface area (Å²) in [6.07, 6.45) is 2.15. The summed E-state index contributed by atoms with van der Waals surface area (Å²) in [7, 11) is -2.56. The number of pyridine rings is 1. The monoisotopic (exact) mass is 518 g/mol. The molecule has 0 spiro atoms. The predicted octanol–water partition coefficient (Wildman–Crippen LogP) is 5.34. The van der Waals surface area contributed by atoms with E-state index in [2.05, 4.69) is 4.98 Å². The zero-order valence-corrected chi connectivity index (χ0v) is 19.5. The van der Waals surface area contributed by atoms with Gasteiger partial charge in [0.05, 0.1) is 29.0 Å². The molecule has 0 aliphatic carbocycles. The maximum absolute atomic E-state index is 14.6. The fraction of sp³-hybridized carbons (Fsp3) is 0.100. The third-order valence-corrected chi connectivity index (χ3v) is 5.60. The van der Waals surface area contributed by atoms with Gasteiger partial charge in [0.2, 0.25) is 15.9 Å². The lowest BCUT2D eigenvalue weighted by molar-refractivity contribution is 0.0977. The third kappa shape index (κ3) is 5.60. The molecule has 2 aromatic carbocycles. The van der Waals surface area contributed by atoms with Crippen LogP contribution in [0.15, 0.2) is 42.6 Å². The molecule has 3 rings (SSSR count). The molecule has 0 saturated heterocycles. The van der Waals surface area contributed by atoms with Gasteiger partial charge in [0.1, 0.15) is 22.3 Å². The van der Waals surface area contributed by atoms with E-state index in [-0.39, 0.29) is 27.2 Å². The second-order valence-electron chi connectivity index (χ2n) is 6.42. The molecule has 12 heteroatoms. The van der Waals surface area contributed by atoms with Crippen molar-refractivity contribution in [1.29, 1.82) is 0 Å². The van der Waals surface area contributed by atoms with Gasteiger partial charge in [0, 0.05) is 23.4 Å². The quantitative estimate of drug-likeness (QED) is 0.472. The first-order valence-electron chi connectivity index (χ1n) is 8.67. The molecule has 0 fully saturated rings. The lowest BCUT2D eigenvalue weighted by atomic mass is 10.0. The fourth-order valence-electron chi connectivity index (χ4n) is 2.64. The standard InChI is InChI=1S/C20H14Cl3FN2O5S/c1-30-18-8-13(19(27)26-32(2,28)29)17(24)7-12(18)10-5-16(23)20(25-9-10)31-11-3-4-14(21)15(22)6-11/h3-9H,1-2H3,(H,26,27). The Balaban J connectivity index is 1.95. The van der Waals surface area contributed by atoms with E-state index in [4.69, 9.17) is 44.3 Å². The molecule has 0 bridgehead atoms. The van der Waals surface area contributed by atoms with Crippen LogP contribution in [0.5, 0.6) is 17.4 Å². The maximum Gasteiger partial charge on any atom is 0.267 e. The average Bonchev–Trinajstić information content (AvgIpc) is 2.70. The number of hydrogen-bond acceptors (Lipinski definition) is 6. The van der Waals surface area contributed by atoms with E-state index in [9.17, 15) is 17.6 Å². The maximum atomic E-state index is 14.6. The molecule has 7 nitrogen and oxygen atoms in total. The van der Waals surface area contributed by atoms with Crippen molar-refractivity contribution in [2.24, 2.45) is 0 Å². The number of methoxy groups -OCH3 is 1. The fourth-order valence-corrected chi connectivity index (χ4v) is 3.58. The highest BCUT2D eigenvalue weighted by molar-refractivity contribution is 7.89. The van der Waals surface area contributed by atoms with Gasteiger partial charge in [0.25, 0.3) is 5.91 Å². The lowest BCUT2D eigenvalue weighted by Gasteiger charge is -2.13. The Morgan fingerprint density at radius 3 is 2.38 bits per heavy atom.